The van der Waals surface area contributed by atoms with Gasteiger partial charge in [0.15, 0.2) is 5.76 Å². The topological polar surface area (TPSA) is 55.1 Å². The van der Waals surface area contributed by atoms with Gasteiger partial charge in [-0.3, -0.25) is 4.79 Å². The predicted molar refractivity (Wildman–Crippen MR) is 84.4 cm³/mol. The fourth-order valence-corrected chi connectivity index (χ4v) is 2.21. The van der Waals surface area contributed by atoms with E-state index in [-0.39, 0.29) is 5.56 Å². The molecule has 0 fully saturated rings. The van der Waals surface area contributed by atoms with Gasteiger partial charge in [0.05, 0.1) is 11.3 Å². The van der Waals surface area contributed by atoms with Crippen LogP contribution < -0.4 is 5.32 Å². The number of hydrogen-bond acceptors (Lipinski definition) is 3. The van der Waals surface area contributed by atoms with Crippen LogP contribution in [0.2, 0.25) is 0 Å². The van der Waals surface area contributed by atoms with Gasteiger partial charge in [-0.15, -0.1) is 0 Å². The molecular weight excluding hydrogens is 295 g/mol. The Kier molecular flexibility index (Phi) is 4.47. The third kappa shape index (κ3) is 3.63. The van der Waals surface area contributed by atoms with E-state index < -0.39 is 11.7 Å². The van der Waals surface area contributed by atoms with Crippen molar-refractivity contribution < 1.29 is 13.7 Å². The Morgan fingerprint density at radius 1 is 1.09 bits per heavy atom. The Bertz CT molecular complexity index is 800. The van der Waals surface area contributed by atoms with Gasteiger partial charge in [0, 0.05) is 24.6 Å². The SMILES string of the molecule is O=C(NCCc1cc(-c2ccccc2)on1)c1ccccc1F. The van der Waals surface area contributed by atoms with Crippen LogP contribution in [0.25, 0.3) is 11.3 Å². The second-order valence-corrected chi connectivity index (χ2v) is 5.03. The molecule has 1 N–H and O–H groups in total. The summed E-state index contributed by atoms with van der Waals surface area (Å²) in [4.78, 5) is 11.9. The third-order valence-electron chi connectivity index (χ3n) is 3.40. The molecule has 4 nitrogen and oxygen atoms in total. The zero-order valence-corrected chi connectivity index (χ0v) is 12.3. The first-order valence-corrected chi connectivity index (χ1v) is 7.28. The number of carbonyl (C=O) groups excluding carboxylic acids is 1. The van der Waals surface area contributed by atoms with Crippen molar-refractivity contribution >= 4 is 5.91 Å². The second kappa shape index (κ2) is 6.87. The summed E-state index contributed by atoms with van der Waals surface area (Å²) in [6.45, 7) is 0.355. The van der Waals surface area contributed by atoms with E-state index >= 15 is 0 Å². The van der Waals surface area contributed by atoms with Gasteiger partial charge in [-0.1, -0.05) is 47.6 Å². The molecule has 0 bridgehead atoms. The highest BCUT2D eigenvalue weighted by Gasteiger charge is 2.11. The molecule has 5 heteroatoms. The van der Waals surface area contributed by atoms with Crippen molar-refractivity contribution in [2.45, 2.75) is 6.42 Å². The monoisotopic (exact) mass is 310 g/mol. The smallest absolute Gasteiger partial charge is 0.254 e. The lowest BCUT2D eigenvalue weighted by molar-refractivity contribution is 0.0950. The van der Waals surface area contributed by atoms with E-state index in [4.69, 9.17) is 4.52 Å². The zero-order valence-electron chi connectivity index (χ0n) is 12.3. The maximum absolute atomic E-state index is 13.5. The maximum Gasteiger partial charge on any atom is 0.254 e. The van der Waals surface area contributed by atoms with E-state index in [9.17, 15) is 9.18 Å². The molecule has 3 rings (SSSR count). The molecule has 0 spiro atoms. The number of amides is 1. The molecule has 0 saturated carbocycles. The number of halogens is 1. The van der Waals surface area contributed by atoms with Crippen LogP contribution in [-0.4, -0.2) is 17.6 Å². The molecule has 2 aromatic carbocycles. The first-order chi connectivity index (χ1) is 11.2. The molecule has 0 saturated heterocycles. The lowest BCUT2D eigenvalue weighted by Crippen LogP contribution is -2.26. The van der Waals surface area contributed by atoms with Crippen molar-refractivity contribution in [3.8, 4) is 11.3 Å². The molecule has 0 atom stereocenters. The molecule has 23 heavy (non-hydrogen) atoms. The van der Waals surface area contributed by atoms with Crippen molar-refractivity contribution in [1.29, 1.82) is 0 Å². The van der Waals surface area contributed by atoms with E-state index in [0.29, 0.717) is 18.7 Å². The van der Waals surface area contributed by atoms with E-state index in [0.717, 1.165) is 11.3 Å². The van der Waals surface area contributed by atoms with Crippen LogP contribution in [0, 0.1) is 5.82 Å². The van der Waals surface area contributed by atoms with Gasteiger partial charge in [0.2, 0.25) is 0 Å². The van der Waals surface area contributed by atoms with Crippen LogP contribution >= 0.6 is 0 Å². The van der Waals surface area contributed by atoms with Crippen LogP contribution in [-0.2, 0) is 6.42 Å². The Morgan fingerprint density at radius 2 is 1.83 bits per heavy atom. The maximum atomic E-state index is 13.5. The summed E-state index contributed by atoms with van der Waals surface area (Å²) in [7, 11) is 0. The number of nitrogens with zero attached hydrogens (tertiary/aromatic N) is 1. The van der Waals surface area contributed by atoms with Crippen LogP contribution in [0.4, 0.5) is 4.39 Å². The summed E-state index contributed by atoms with van der Waals surface area (Å²) in [5, 5.41) is 6.66. The number of nitrogens with one attached hydrogen (secondary N) is 1. The van der Waals surface area contributed by atoms with Crippen molar-refractivity contribution in [3.63, 3.8) is 0 Å². The molecule has 0 aliphatic heterocycles. The van der Waals surface area contributed by atoms with Gasteiger partial charge < -0.3 is 9.84 Å². The average Bonchev–Trinajstić information content (AvgIpc) is 3.05. The molecule has 116 valence electrons. The summed E-state index contributed by atoms with van der Waals surface area (Å²) in [6, 6.07) is 17.4. The summed E-state index contributed by atoms with van der Waals surface area (Å²) in [5.74, 6) is -0.284. The highest BCUT2D eigenvalue weighted by molar-refractivity contribution is 5.94. The Morgan fingerprint density at radius 3 is 2.61 bits per heavy atom. The number of benzene rings is 2. The lowest BCUT2D eigenvalue weighted by Gasteiger charge is -2.04. The molecule has 0 radical (unpaired) electrons. The highest BCUT2D eigenvalue weighted by Crippen LogP contribution is 2.19. The van der Waals surface area contributed by atoms with Gasteiger partial charge in [0.1, 0.15) is 5.82 Å². The van der Waals surface area contributed by atoms with E-state index in [1.807, 2.05) is 36.4 Å². The van der Waals surface area contributed by atoms with E-state index in [1.165, 1.54) is 12.1 Å². The summed E-state index contributed by atoms with van der Waals surface area (Å²) < 4.78 is 18.8. The molecule has 0 unspecified atom stereocenters. The van der Waals surface area contributed by atoms with Crippen molar-refractivity contribution in [2.24, 2.45) is 0 Å². The minimum absolute atomic E-state index is 0.0395. The van der Waals surface area contributed by atoms with E-state index in [2.05, 4.69) is 10.5 Å². The highest BCUT2D eigenvalue weighted by atomic mass is 19.1. The Balaban J connectivity index is 1.56. The van der Waals surface area contributed by atoms with Crippen molar-refractivity contribution in [1.82, 2.24) is 10.5 Å². The van der Waals surface area contributed by atoms with Gasteiger partial charge >= 0.3 is 0 Å². The van der Waals surface area contributed by atoms with Crippen LogP contribution in [0.15, 0.2) is 65.2 Å². The minimum Gasteiger partial charge on any atom is -0.356 e. The fraction of sp³-hybridized carbons (Fsp3) is 0.111. The first kappa shape index (κ1) is 15.0. The molecular formula is C18H15FN2O2. The zero-order chi connectivity index (χ0) is 16.1. The second-order valence-electron chi connectivity index (χ2n) is 5.03. The Hall–Kier alpha value is -2.95. The summed E-state index contributed by atoms with van der Waals surface area (Å²) in [5.41, 5.74) is 1.72. The molecule has 3 aromatic rings. The van der Waals surface area contributed by atoms with Gasteiger partial charge in [-0.2, -0.15) is 0 Å². The van der Waals surface area contributed by atoms with Crippen LogP contribution in [0.5, 0.6) is 0 Å². The van der Waals surface area contributed by atoms with E-state index in [1.54, 1.807) is 12.1 Å². The number of carbonyl (C=O) groups is 1. The minimum atomic E-state index is -0.530. The van der Waals surface area contributed by atoms with Crippen LogP contribution in [0.1, 0.15) is 16.1 Å². The first-order valence-electron chi connectivity index (χ1n) is 7.28. The lowest BCUT2D eigenvalue weighted by atomic mass is 10.1. The molecule has 1 heterocycles. The summed E-state index contributed by atoms with van der Waals surface area (Å²) >= 11 is 0. The normalized spacial score (nSPS) is 10.5. The molecule has 0 aliphatic carbocycles. The molecule has 0 aliphatic rings. The predicted octanol–water partition coefficient (Wildman–Crippen LogP) is 3.45. The number of aromatic nitrogens is 1. The van der Waals surface area contributed by atoms with Gasteiger partial charge in [-0.05, 0) is 12.1 Å². The quantitative estimate of drug-likeness (QED) is 0.785. The van der Waals surface area contributed by atoms with Gasteiger partial charge in [-0.25, -0.2) is 4.39 Å². The van der Waals surface area contributed by atoms with Crippen molar-refractivity contribution in [2.75, 3.05) is 6.54 Å². The molecule has 1 amide bonds. The van der Waals surface area contributed by atoms with Crippen molar-refractivity contribution in [3.05, 3.63) is 77.7 Å². The third-order valence-corrected chi connectivity index (χ3v) is 3.40. The van der Waals surface area contributed by atoms with Crippen LogP contribution in [0.3, 0.4) is 0 Å². The fourth-order valence-electron chi connectivity index (χ4n) is 2.21. The number of hydrogen-bond donors (Lipinski definition) is 1. The number of rotatable bonds is 5. The standard InChI is InChI=1S/C18H15FN2O2/c19-16-9-5-4-8-15(16)18(22)20-11-10-14-12-17(23-21-14)13-6-2-1-3-7-13/h1-9,12H,10-11H2,(H,20,22). The molecule has 1 aromatic heterocycles. The Labute approximate surface area is 132 Å². The summed E-state index contributed by atoms with van der Waals surface area (Å²) in [6.07, 6.45) is 0.510. The average molecular weight is 310 g/mol. The largest absolute Gasteiger partial charge is 0.356 e. The van der Waals surface area contributed by atoms with Gasteiger partial charge in [0.25, 0.3) is 5.91 Å².